The molecule has 0 fully saturated rings. The summed E-state index contributed by atoms with van der Waals surface area (Å²) < 4.78 is 0. The highest BCUT2D eigenvalue weighted by atomic mass is 16.1. The van der Waals surface area contributed by atoms with Crippen LogP contribution in [0.5, 0.6) is 0 Å². The van der Waals surface area contributed by atoms with E-state index in [9.17, 15) is 4.79 Å². The summed E-state index contributed by atoms with van der Waals surface area (Å²) in [6.07, 6.45) is 2.56. The second-order valence-electron chi connectivity index (χ2n) is 6.94. The van der Waals surface area contributed by atoms with Gasteiger partial charge >= 0.3 is 0 Å². The van der Waals surface area contributed by atoms with Crippen molar-refractivity contribution in [1.82, 2.24) is 10.6 Å². The molecule has 0 aliphatic rings. The maximum Gasteiger partial charge on any atom is 0.221 e. The summed E-state index contributed by atoms with van der Waals surface area (Å²) in [5.41, 5.74) is 1.49. The maximum atomic E-state index is 11.7. The van der Waals surface area contributed by atoms with Crippen molar-refractivity contribution in [3.63, 3.8) is 0 Å². The van der Waals surface area contributed by atoms with Crippen LogP contribution < -0.4 is 10.6 Å². The van der Waals surface area contributed by atoms with E-state index in [0.717, 1.165) is 19.4 Å². The number of carbonyl (C=O) groups is 1. The predicted molar refractivity (Wildman–Crippen MR) is 94.1 cm³/mol. The Morgan fingerprint density at radius 2 is 1.77 bits per heavy atom. The minimum absolute atomic E-state index is 0.132. The van der Waals surface area contributed by atoms with E-state index in [1.807, 2.05) is 6.92 Å². The standard InChI is InChI=1S/C19H32N2O/c1-6-15(2)21-18(22)12-13-20-16(3)14-19(4,5)17-10-8-7-9-11-17/h7-11,15-16,20H,6,12-14H2,1-5H3,(H,21,22). The van der Waals surface area contributed by atoms with Gasteiger partial charge in [0.15, 0.2) is 0 Å². The Kier molecular flexibility index (Phi) is 7.60. The van der Waals surface area contributed by atoms with Crippen LogP contribution >= 0.6 is 0 Å². The van der Waals surface area contributed by atoms with E-state index in [1.165, 1.54) is 5.56 Å². The Labute approximate surface area is 135 Å². The lowest BCUT2D eigenvalue weighted by Crippen LogP contribution is -2.37. The number of amides is 1. The molecule has 1 aromatic rings. The van der Waals surface area contributed by atoms with E-state index in [-0.39, 0.29) is 17.4 Å². The Hall–Kier alpha value is -1.35. The van der Waals surface area contributed by atoms with E-state index in [1.54, 1.807) is 0 Å². The SMILES string of the molecule is CCC(C)NC(=O)CCNC(C)CC(C)(C)c1ccccc1. The van der Waals surface area contributed by atoms with Gasteiger partial charge in [-0.2, -0.15) is 0 Å². The third-order valence-electron chi connectivity index (χ3n) is 4.24. The topological polar surface area (TPSA) is 41.1 Å². The van der Waals surface area contributed by atoms with Gasteiger partial charge in [0.2, 0.25) is 5.91 Å². The molecule has 0 aliphatic heterocycles. The van der Waals surface area contributed by atoms with Crippen LogP contribution in [0.2, 0.25) is 0 Å². The first kappa shape index (κ1) is 18.7. The zero-order chi connectivity index (χ0) is 16.6. The average Bonchev–Trinajstić information content (AvgIpc) is 2.47. The normalized spacial score (nSPS) is 14.4. The fourth-order valence-electron chi connectivity index (χ4n) is 2.73. The molecular weight excluding hydrogens is 272 g/mol. The lowest BCUT2D eigenvalue weighted by Gasteiger charge is -2.29. The van der Waals surface area contributed by atoms with Gasteiger partial charge in [-0.15, -0.1) is 0 Å². The van der Waals surface area contributed by atoms with Crippen LogP contribution in [0.3, 0.4) is 0 Å². The molecule has 0 radical (unpaired) electrons. The molecule has 124 valence electrons. The van der Waals surface area contributed by atoms with Gasteiger partial charge in [-0.1, -0.05) is 51.1 Å². The number of hydrogen-bond acceptors (Lipinski definition) is 2. The minimum Gasteiger partial charge on any atom is -0.354 e. The molecule has 0 saturated heterocycles. The molecule has 1 rings (SSSR count). The lowest BCUT2D eigenvalue weighted by molar-refractivity contribution is -0.121. The fraction of sp³-hybridized carbons (Fsp3) is 0.632. The van der Waals surface area contributed by atoms with E-state index in [0.29, 0.717) is 12.5 Å². The second-order valence-corrected chi connectivity index (χ2v) is 6.94. The molecule has 2 N–H and O–H groups in total. The quantitative estimate of drug-likeness (QED) is 0.731. The van der Waals surface area contributed by atoms with Crippen LogP contribution in [0.1, 0.15) is 59.4 Å². The Bertz CT molecular complexity index is 442. The first-order valence-electron chi connectivity index (χ1n) is 8.43. The number of carbonyl (C=O) groups excluding carboxylic acids is 1. The zero-order valence-electron chi connectivity index (χ0n) is 14.8. The summed E-state index contributed by atoms with van der Waals surface area (Å²) in [6.45, 7) is 11.6. The molecule has 3 nitrogen and oxygen atoms in total. The van der Waals surface area contributed by atoms with E-state index < -0.39 is 0 Å². The summed E-state index contributed by atoms with van der Waals surface area (Å²) in [4.78, 5) is 11.7. The fourth-order valence-corrected chi connectivity index (χ4v) is 2.73. The number of rotatable bonds is 9. The molecule has 0 heterocycles. The highest BCUT2D eigenvalue weighted by Gasteiger charge is 2.22. The average molecular weight is 304 g/mol. The van der Waals surface area contributed by atoms with E-state index in [2.05, 4.69) is 68.7 Å². The molecule has 22 heavy (non-hydrogen) atoms. The van der Waals surface area contributed by atoms with Crippen molar-refractivity contribution in [1.29, 1.82) is 0 Å². The molecule has 1 amide bonds. The summed E-state index contributed by atoms with van der Waals surface area (Å²) in [5.74, 6) is 0.136. The molecule has 0 aromatic heterocycles. The van der Waals surface area contributed by atoms with Gasteiger partial charge in [0.1, 0.15) is 0 Å². The van der Waals surface area contributed by atoms with E-state index >= 15 is 0 Å². The number of nitrogens with one attached hydrogen (secondary N) is 2. The van der Waals surface area contributed by atoms with Crippen molar-refractivity contribution < 1.29 is 4.79 Å². The van der Waals surface area contributed by atoms with Crippen LogP contribution in [-0.2, 0) is 10.2 Å². The Morgan fingerprint density at radius 3 is 2.36 bits per heavy atom. The van der Waals surface area contributed by atoms with Crippen LogP contribution in [0.4, 0.5) is 0 Å². The van der Waals surface area contributed by atoms with Crippen LogP contribution in [0, 0.1) is 0 Å². The highest BCUT2D eigenvalue weighted by molar-refractivity contribution is 5.76. The summed E-state index contributed by atoms with van der Waals surface area (Å²) in [5, 5.41) is 6.47. The minimum atomic E-state index is 0.132. The maximum absolute atomic E-state index is 11.7. The van der Waals surface area contributed by atoms with Gasteiger partial charge in [0, 0.05) is 25.0 Å². The molecule has 0 saturated carbocycles. The van der Waals surface area contributed by atoms with Crippen molar-refractivity contribution >= 4 is 5.91 Å². The first-order chi connectivity index (χ1) is 10.3. The third kappa shape index (κ3) is 6.61. The monoisotopic (exact) mass is 304 g/mol. The molecule has 1 aromatic carbocycles. The van der Waals surface area contributed by atoms with E-state index in [4.69, 9.17) is 0 Å². The number of hydrogen-bond donors (Lipinski definition) is 2. The second kappa shape index (κ2) is 8.94. The van der Waals surface area contributed by atoms with Gasteiger partial charge in [0.25, 0.3) is 0 Å². The predicted octanol–water partition coefficient (Wildman–Crippen LogP) is 3.64. The molecule has 2 atom stereocenters. The largest absolute Gasteiger partial charge is 0.354 e. The van der Waals surface area contributed by atoms with Gasteiger partial charge in [-0.25, -0.2) is 0 Å². The summed E-state index contributed by atoms with van der Waals surface area (Å²) in [6, 6.07) is 11.3. The van der Waals surface area contributed by atoms with Crippen LogP contribution in [0.15, 0.2) is 30.3 Å². The smallest absolute Gasteiger partial charge is 0.221 e. The molecular formula is C19H32N2O. The molecule has 2 unspecified atom stereocenters. The van der Waals surface area contributed by atoms with Crippen molar-refractivity contribution in [2.24, 2.45) is 0 Å². The van der Waals surface area contributed by atoms with Crippen molar-refractivity contribution in [3.8, 4) is 0 Å². The molecule has 0 bridgehead atoms. The van der Waals surface area contributed by atoms with Gasteiger partial charge < -0.3 is 10.6 Å². The van der Waals surface area contributed by atoms with Gasteiger partial charge in [0.05, 0.1) is 0 Å². The van der Waals surface area contributed by atoms with Crippen molar-refractivity contribution in [3.05, 3.63) is 35.9 Å². The van der Waals surface area contributed by atoms with Crippen molar-refractivity contribution in [2.75, 3.05) is 6.54 Å². The molecule has 0 aliphatic carbocycles. The van der Waals surface area contributed by atoms with Crippen molar-refractivity contribution in [2.45, 2.75) is 71.4 Å². The zero-order valence-corrected chi connectivity index (χ0v) is 14.8. The lowest BCUT2D eigenvalue weighted by atomic mass is 9.79. The van der Waals surface area contributed by atoms with Crippen LogP contribution in [0.25, 0.3) is 0 Å². The van der Waals surface area contributed by atoms with Gasteiger partial charge in [-0.3, -0.25) is 4.79 Å². The third-order valence-corrected chi connectivity index (χ3v) is 4.24. The molecule has 0 spiro atoms. The summed E-state index contributed by atoms with van der Waals surface area (Å²) in [7, 11) is 0. The Balaban J connectivity index is 2.34. The molecule has 3 heteroatoms. The summed E-state index contributed by atoms with van der Waals surface area (Å²) >= 11 is 0. The number of benzene rings is 1. The van der Waals surface area contributed by atoms with Gasteiger partial charge in [-0.05, 0) is 37.7 Å². The van der Waals surface area contributed by atoms with Crippen LogP contribution in [-0.4, -0.2) is 24.5 Å². The highest BCUT2D eigenvalue weighted by Crippen LogP contribution is 2.27. The Morgan fingerprint density at radius 1 is 1.14 bits per heavy atom. The first-order valence-corrected chi connectivity index (χ1v) is 8.43.